The summed E-state index contributed by atoms with van der Waals surface area (Å²) in [6.45, 7) is 0. The number of hydrogen-bond acceptors (Lipinski definition) is 5. The largest absolute Gasteiger partial charge is 0.497 e. The lowest BCUT2D eigenvalue weighted by Crippen LogP contribution is -2.15. The van der Waals surface area contributed by atoms with Gasteiger partial charge < -0.3 is 25.0 Å². The summed E-state index contributed by atoms with van der Waals surface area (Å²) >= 11 is 0. The minimum Gasteiger partial charge on any atom is -0.497 e. The van der Waals surface area contributed by atoms with E-state index < -0.39 is 12.1 Å². The third-order valence-electron chi connectivity index (χ3n) is 3.88. The van der Waals surface area contributed by atoms with Gasteiger partial charge in [0.2, 0.25) is 5.91 Å². The van der Waals surface area contributed by atoms with E-state index in [1.165, 1.54) is 26.4 Å². The second-order valence-electron chi connectivity index (χ2n) is 5.56. The van der Waals surface area contributed by atoms with Crippen molar-refractivity contribution >= 4 is 17.6 Å². The Morgan fingerprint density at radius 3 is 2.50 bits per heavy atom. The normalized spacial score (nSPS) is 11.5. The summed E-state index contributed by atoms with van der Waals surface area (Å²) in [6, 6.07) is 11.2. The van der Waals surface area contributed by atoms with Crippen molar-refractivity contribution in [2.75, 3.05) is 19.5 Å². The Kier molecular flexibility index (Phi) is 6.57. The van der Waals surface area contributed by atoms with Gasteiger partial charge in [0, 0.05) is 18.1 Å². The SMILES string of the molecule is COc1ccc(C(O)CCC(=O)Nc2ccccc2C(=O)O)c(OC)c1. The maximum absolute atomic E-state index is 12.1. The molecule has 2 aromatic carbocycles. The van der Waals surface area contributed by atoms with Gasteiger partial charge >= 0.3 is 5.97 Å². The van der Waals surface area contributed by atoms with Crippen molar-refractivity contribution in [2.45, 2.75) is 18.9 Å². The van der Waals surface area contributed by atoms with E-state index >= 15 is 0 Å². The average Bonchev–Trinajstić information content (AvgIpc) is 2.65. The highest BCUT2D eigenvalue weighted by Gasteiger charge is 2.17. The fourth-order valence-electron chi connectivity index (χ4n) is 2.51. The zero-order valence-electron chi connectivity index (χ0n) is 14.6. The van der Waals surface area contributed by atoms with Crippen molar-refractivity contribution < 1.29 is 29.3 Å². The number of amides is 1. The van der Waals surface area contributed by atoms with Crippen LogP contribution in [0.1, 0.15) is 34.9 Å². The molecule has 26 heavy (non-hydrogen) atoms. The van der Waals surface area contributed by atoms with E-state index in [9.17, 15) is 14.7 Å². The summed E-state index contributed by atoms with van der Waals surface area (Å²) in [5.41, 5.74) is 0.784. The van der Waals surface area contributed by atoms with E-state index in [1.54, 1.807) is 30.3 Å². The number of methoxy groups -OCH3 is 2. The molecule has 0 aliphatic heterocycles. The Balaban J connectivity index is 2.00. The van der Waals surface area contributed by atoms with Crippen LogP contribution in [0.5, 0.6) is 11.5 Å². The van der Waals surface area contributed by atoms with Gasteiger partial charge in [0.15, 0.2) is 0 Å². The highest BCUT2D eigenvalue weighted by atomic mass is 16.5. The molecule has 3 N–H and O–H groups in total. The van der Waals surface area contributed by atoms with Crippen LogP contribution < -0.4 is 14.8 Å². The van der Waals surface area contributed by atoms with Gasteiger partial charge in [0.05, 0.1) is 31.6 Å². The van der Waals surface area contributed by atoms with Crippen molar-refractivity contribution in [3.05, 3.63) is 53.6 Å². The number of carboxylic acid groups (broad SMARTS) is 1. The van der Waals surface area contributed by atoms with E-state index in [-0.39, 0.29) is 30.0 Å². The maximum atomic E-state index is 12.1. The Bertz CT molecular complexity index is 789. The zero-order chi connectivity index (χ0) is 19.1. The first-order valence-corrected chi connectivity index (χ1v) is 7.98. The van der Waals surface area contributed by atoms with E-state index in [1.807, 2.05) is 0 Å². The number of aliphatic hydroxyl groups excluding tert-OH is 1. The number of benzene rings is 2. The summed E-state index contributed by atoms with van der Waals surface area (Å²) in [7, 11) is 3.02. The summed E-state index contributed by atoms with van der Waals surface area (Å²) in [5, 5.41) is 22.1. The van der Waals surface area contributed by atoms with Crippen LogP contribution in [-0.4, -0.2) is 36.3 Å². The lowest BCUT2D eigenvalue weighted by molar-refractivity contribution is -0.116. The van der Waals surface area contributed by atoms with Crippen LogP contribution in [0.15, 0.2) is 42.5 Å². The lowest BCUT2D eigenvalue weighted by Gasteiger charge is -2.16. The molecule has 0 radical (unpaired) electrons. The van der Waals surface area contributed by atoms with Gasteiger partial charge in [-0.3, -0.25) is 4.79 Å². The average molecular weight is 359 g/mol. The topological polar surface area (TPSA) is 105 Å². The number of hydrogen-bond donors (Lipinski definition) is 3. The van der Waals surface area contributed by atoms with Crippen LogP contribution in [0.2, 0.25) is 0 Å². The van der Waals surface area contributed by atoms with E-state index in [2.05, 4.69) is 5.32 Å². The number of ether oxygens (including phenoxy) is 2. The molecule has 138 valence electrons. The first-order chi connectivity index (χ1) is 12.5. The molecule has 1 unspecified atom stereocenters. The summed E-state index contributed by atoms with van der Waals surface area (Å²) in [4.78, 5) is 23.3. The predicted molar refractivity (Wildman–Crippen MR) is 95.8 cm³/mol. The minimum atomic E-state index is -1.12. The van der Waals surface area contributed by atoms with Gasteiger partial charge in [0.25, 0.3) is 0 Å². The molecule has 0 saturated carbocycles. The molecule has 0 aliphatic carbocycles. The number of aromatic carboxylic acids is 1. The molecule has 0 aromatic heterocycles. The molecule has 1 amide bonds. The van der Waals surface area contributed by atoms with Crippen molar-refractivity contribution in [3.8, 4) is 11.5 Å². The number of rotatable bonds is 8. The van der Waals surface area contributed by atoms with Crippen LogP contribution in [-0.2, 0) is 4.79 Å². The molecule has 0 saturated heterocycles. The molecule has 0 spiro atoms. The standard InChI is InChI=1S/C19H21NO6/c1-25-12-7-8-14(17(11-12)26-2)16(21)9-10-18(22)20-15-6-4-3-5-13(15)19(23)24/h3-8,11,16,21H,9-10H2,1-2H3,(H,20,22)(H,23,24). The molecule has 1 atom stereocenters. The van der Waals surface area contributed by atoms with Gasteiger partial charge in [-0.1, -0.05) is 12.1 Å². The van der Waals surface area contributed by atoms with Crippen LogP contribution in [0.3, 0.4) is 0 Å². The van der Waals surface area contributed by atoms with E-state index in [0.29, 0.717) is 17.1 Å². The molecule has 0 fully saturated rings. The highest BCUT2D eigenvalue weighted by molar-refractivity contribution is 6.00. The minimum absolute atomic E-state index is 0.0122. The third kappa shape index (κ3) is 4.73. The molecular weight excluding hydrogens is 338 g/mol. The Labute approximate surface area is 151 Å². The summed E-state index contributed by atoms with van der Waals surface area (Å²) in [5.74, 6) is -0.441. The van der Waals surface area contributed by atoms with Crippen LogP contribution in [0.4, 0.5) is 5.69 Å². The van der Waals surface area contributed by atoms with E-state index in [0.717, 1.165) is 0 Å². The maximum Gasteiger partial charge on any atom is 0.337 e. The van der Waals surface area contributed by atoms with Crippen LogP contribution in [0, 0.1) is 0 Å². The van der Waals surface area contributed by atoms with Crippen LogP contribution >= 0.6 is 0 Å². The van der Waals surface area contributed by atoms with Gasteiger partial charge in [0.1, 0.15) is 11.5 Å². The third-order valence-corrected chi connectivity index (χ3v) is 3.88. The molecule has 0 bridgehead atoms. The number of carbonyl (C=O) groups excluding carboxylic acids is 1. The second-order valence-corrected chi connectivity index (χ2v) is 5.56. The number of aliphatic hydroxyl groups is 1. The van der Waals surface area contributed by atoms with Crippen molar-refractivity contribution in [1.82, 2.24) is 0 Å². The van der Waals surface area contributed by atoms with E-state index in [4.69, 9.17) is 14.6 Å². The Morgan fingerprint density at radius 2 is 1.85 bits per heavy atom. The van der Waals surface area contributed by atoms with Gasteiger partial charge in [-0.2, -0.15) is 0 Å². The fraction of sp³-hybridized carbons (Fsp3) is 0.263. The van der Waals surface area contributed by atoms with Crippen molar-refractivity contribution in [2.24, 2.45) is 0 Å². The van der Waals surface area contributed by atoms with Crippen molar-refractivity contribution in [1.29, 1.82) is 0 Å². The van der Waals surface area contributed by atoms with Gasteiger partial charge in [-0.15, -0.1) is 0 Å². The van der Waals surface area contributed by atoms with Crippen molar-refractivity contribution in [3.63, 3.8) is 0 Å². The number of anilines is 1. The number of para-hydroxylation sites is 1. The van der Waals surface area contributed by atoms with Gasteiger partial charge in [-0.05, 0) is 30.7 Å². The Hall–Kier alpha value is -3.06. The zero-order valence-corrected chi connectivity index (χ0v) is 14.6. The summed E-state index contributed by atoms with van der Waals surface area (Å²) in [6.07, 6.45) is -0.732. The molecule has 7 nitrogen and oxygen atoms in total. The number of carboxylic acids is 1. The first kappa shape index (κ1) is 19.3. The summed E-state index contributed by atoms with van der Waals surface area (Å²) < 4.78 is 10.4. The molecule has 0 aliphatic rings. The fourth-order valence-corrected chi connectivity index (χ4v) is 2.51. The predicted octanol–water partition coefficient (Wildman–Crippen LogP) is 2.85. The highest BCUT2D eigenvalue weighted by Crippen LogP contribution is 2.31. The molecule has 2 rings (SSSR count). The first-order valence-electron chi connectivity index (χ1n) is 7.98. The molecule has 7 heteroatoms. The quantitative estimate of drug-likeness (QED) is 0.669. The van der Waals surface area contributed by atoms with Gasteiger partial charge in [-0.25, -0.2) is 4.79 Å². The molecule has 2 aromatic rings. The number of carbonyl (C=O) groups is 2. The molecule has 0 heterocycles. The smallest absolute Gasteiger partial charge is 0.337 e. The Morgan fingerprint density at radius 1 is 1.12 bits per heavy atom. The lowest BCUT2D eigenvalue weighted by atomic mass is 10.0. The molecular formula is C19H21NO6. The second kappa shape index (κ2) is 8.87. The van der Waals surface area contributed by atoms with Crippen LogP contribution in [0.25, 0.3) is 0 Å². The monoisotopic (exact) mass is 359 g/mol. The number of nitrogens with one attached hydrogen (secondary N) is 1.